The Morgan fingerprint density at radius 1 is 0.875 bits per heavy atom. The number of furan rings is 1. The van der Waals surface area contributed by atoms with Gasteiger partial charge in [0.2, 0.25) is 5.76 Å². The van der Waals surface area contributed by atoms with E-state index in [9.17, 15) is 24.8 Å². The van der Waals surface area contributed by atoms with E-state index >= 15 is 0 Å². The summed E-state index contributed by atoms with van der Waals surface area (Å²) in [5.41, 5.74) is 6.99. The first-order chi connectivity index (χ1) is 19.3. The average molecular weight is 537 g/mol. The molecule has 0 fully saturated rings. The van der Waals surface area contributed by atoms with Gasteiger partial charge in [0.1, 0.15) is 0 Å². The number of fused-ring (bicyclic) bond motifs is 1. The molecule has 4 aromatic carbocycles. The molecule has 1 unspecified atom stereocenters. The Balaban J connectivity index is 1.24. The Bertz CT molecular complexity index is 1730. The number of amides is 2. The smallest absolute Gasteiger partial charge is 0.311 e. The molecule has 5 rings (SSSR count). The molecule has 0 saturated carbocycles. The number of nitrogens with one attached hydrogen (secondary N) is 3. The lowest BCUT2D eigenvalue weighted by Gasteiger charge is -2.17. The van der Waals surface area contributed by atoms with Crippen LogP contribution in [0.4, 0.5) is 11.4 Å². The second-order valence-corrected chi connectivity index (χ2v) is 9.08. The van der Waals surface area contributed by atoms with Gasteiger partial charge in [0.05, 0.1) is 11.2 Å². The van der Waals surface area contributed by atoms with Crippen LogP contribution in [0.3, 0.4) is 0 Å². The van der Waals surface area contributed by atoms with Crippen molar-refractivity contribution >= 4 is 34.0 Å². The van der Waals surface area contributed by atoms with Gasteiger partial charge in [0, 0.05) is 28.9 Å². The van der Waals surface area contributed by atoms with Gasteiger partial charge in [-0.2, -0.15) is 0 Å². The van der Waals surface area contributed by atoms with Crippen LogP contribution in [-0.4, -0.2) is 21.8 Å². The van der Waals surface area contributed by atoms with Crippen LogP contribution >= 0.6 is 0 Å². The van der Waals surface area contributed by atoms with Gasteiger partial charge in [0.15, 0.2) is 5.75 Å². The molecular formula is C30H24N4O6. The highest BCUT2D eigenvalue weighted by Gasteiger charge is 2.20. The predicted molar refractivity (Wildman–Crippen MR) is 150 cm³/mol. The van der Waals surface area contributed by atoms with Crippen molar-refractivity contribution in [3.8, 4) is 16.9 Å². The summed E-state index contributed by atoms with van der Waals surface area (Å²) in [4.78, 5) is 35.3. The van der Waals surface area contributed by atoms with E-state index in [1.165, 1.54) is 23.1 Å². The molecule has 0 bridgehead atoms. The molecular weight excluding hydrogens is 512 g/mol. The molecule has 0 radical (unpaired) electrons. The average Bonchev–Trinajstić information content (AvgIpc) is 3.46. The number of nitrogens with zero attached hydrogens (tertiary/aromatic N) is 1. The fourth-order valence-corrected chi connectivity index (χ4v) is 4.32. The van der Waals surface area contributed by atoms with E-state index in [0.717, 1.165) is 28.9 Å². The number of nitro groups is 1. The van der Waals surface area contributed by atoms with E-state index < -0.39 is 28.2 Å². The lowest BCUT2D eigenvalue weighted by molar-refractivity contribution is -0.385. The zero-order valence-electron chi connectivity index (χ0n) is 21.3. The van der Waals surface area contributed by atoms with Crippen molar-refractivity contribution in [1.29, 1.82) is 0 Å². The highest BCUT2D eigenvalue weighted by Crippen LogP contribution is 2.29. The molecule has 10 nitrogen and oxygen atoms in total. The fourth-order valence-electron chi connectivity index (χ4n) is 4.32. The molecule has 0 aliphatic heterocycles. The Kier molecular flexibility index (Phi) is 7.14. The molecule has 10 heteroatoms. The molecule has 1 atom stereocenters. The van der Waals surface area contributed by atoms with Crippen molar-refractivity contribution in [1.82, 2.24) is 10.9 Å². The number of rotatable bonds is 7. The Labute approximate surface area is 228 Å². The molecule has 0 aliphatic rings. The summed E-state index contributed by atoms with van der Waals surface area (Å²) >= 11 is 0. The van der Waals surface area contributed by atoms with Crippen LogP contribution < -0.4 is 16.2 Å². The minimum absolute atomic E-state index is 0.0257. The van der Waals surface area contributed by atoms with Gasteiger partial charge in [-0.05, 0) is 65.2 Å². The first kappa shape index (κ1) is 26.0. The zero-order chi connectivity index (χ0) is 28.2. The second kappa shape index (κ2) is 11.0. The van der Waals surface area contributed by atoms with Gasteiger partial charge in [-0.15, -0.1) is 0 Å². The predicted octanol–water partition coefficient (Wildman–Crippen LogP) is 5.96. The number of carbonyl (C=O) groups is 2. The van der Waals surface area contributed by atoms with Crippen LogP contribution in [-0.2, 0) is 0 Å². The summed E-state index contributed by atoms with van der Waals surface area (Å²) in [6.45, 7) is 2.08. The van der Waals surface area contributed by atoms with Crippen molar-refractivity contribution in [2.75, 3.05) is 5.32 Å². The molecule has 1 aromatic heterocycles. The minimum atomic E-state index is -0.815. The summed E-state index contributed by atoms with van der Waals surface area (Å²) in [6, 6.07) is 26.9. The van der Waals surface area contributed by atoms with E-state index in [4.69, 9.17) is 4.42 Å². The third-order valence-electron chi connectivity index (χ3n) is 6.45. The number of hydrogen-bond donors (Lipinski definition) is 4. The van der Waals surface area contributed by atoms with Crippen molar-refractivity contribution < 1.29 is 24.0 Å². The number of hydrogen-bond acceptors (Lipinski definition) is 7. The number of phenolic OH excluding ortho intramolecular Hbond substituents is 1. The molecule has 0 saturated heterocycles. The maximum absolute atomic E-state index is 12.7. The third kappa shape index (κ3) is 5.46. The monoisotopic (exact) mass is 536 g/mol. The molecule has 200 valence electrons. The Morgan fingerprint density at radius 3 is 2.35 bits per heavy atom. The molecule has 1 heterocycles. The maximum atomic E-state index is 12.7. The van der Waals surface area contributed by atoms with Crippen molar-refractivity contribution in [2.24, 2.45) is 0 Å². The van der Waals surface area contributed by atoms with Gasteiger partial charge in [-0.1, -0.05) is 48.5 Å². The minimum Gasteiger partial charge on any atom is -0.502 e. The second-order valence-electron chi connectivity index (χ2n) is 9.08. The summed E-state index contributed by atoms with van der Waals surface area (Å²) in [6.07, 6.45) is 1.36. The standard InChI is InChI=1S/C30H24N4O6/c1-18(21-7-6-19-4-2-3-5-22(19)16-21)31-24-11-8-20(9-12-24)25-14-15-40-28(25)30(37)33-32-29(36)23-10-13-27(35)26(17-23)34(38)39/h2-18,31,35H,1H3,(H,32,36)(H,33,37). The van der Waals surface area contributed by atoms with Crippen LogP contribution in [0.15, 0.2) is 102 Å². The fraction of sp³-hybridized carbons (Fsp3) is 0.0667. The molecule has 4 N–H and O–H groups in total. The maximum Gasteiger partial charge on any atom is 0.311 e. The summed E-state index contributed by atoms with van der Waals surface area (Å²) < 4.78 is 5.37. The van der Waals surface area contributed by atoms with E-state index in [1.54, 1.807) is 6.07 Å². The normalized spacial score (nSPS) is 11.5. The van der Waals surface area contributed by atoms with Gasteiger partial charge in [-0.25, -0.2) is 0 Å². The van der Waals surface area contributed by atoms with Crippen LogP contribution in [0, 0.1) is 10.1 Å². The topological polar surface area (TPSA) is 147 Å². The lowest BCUT2D eigenvalue weighted by atomic mass is 10.0. The van der Waals surface area contributed by atoms with Crippen LogP contribution in [0.5, 0.6) is 5.75 Å². The number of nitro benzene ring substituents is 1. The summed E-state index contributed by atoms with van der Waals surface area (Å²) in [5, 5.41) is 26.4. The van der Waals surface area contributed by atoms with E-state index in [0.29, 0.717) is 5.56 Å². The number of anilines is 1. The third-order valence-corrected chi connectivity index (χ3v) is 6.45. The highest BCUT2D eigenvalue weighted by molar-refractivity contribution is 6.01. The molecule has 2 amide bonds. The van der Waals surface area contributed by atoms with Crippen molar-refractivity contribution in [3.63, 3.8) is 0 Å². The van der Waals surface area contributed by atoms with E-state index in [-0.39, 0.29) is 17.4 Å². The van der Waals surface area contributed by atoms with Gasteiger partial charge < -0.3 is 14.8 Å². The summed E-state index contributed by atoms with van der Waals surface area (Å²) in [5.74, 6) is -2.12. The van der Waals surface area contributed by atoms with E-state index in [1.807, 2.05) is 36.4 Å². The van der Waals surface area contributed by atoms with E-state index in [2.05, 4.69) is 53.4 Å². The largest absolute Gasteiger partial charge is 0.502 e. The highest BCUT2D eigenvalue weighted by atomic mass is 16.6. The zero-order valence-corrected chi connectivity index (χ0v) is 21.3. The van der Waals surface area contributed by atoms with Gasteiger partial charge >= 0.3 is 11.6 Å². The van der Waals surface area contributed by atoms with Crippen molar-refractivity contribution in [3.05, 3.63) is 124 Å². The quantitative estimate of drug-likeness (QED) is 0.148. The van der Waals surface area contributed by atoms with Gasteiger partial charge in [-0.3, -0.25) is 30.6 Å². The number of phenols is 1. The summed E-state index contributed by atoms with van der Waals surface area (Å²) in [7, 11) is 0. The number of aromatic hydroxyl groups is 1. The number of benzene rings is 4. The SMILES string of the molecule is CC(Nc1ccc(-c2ccoc2C(=O)NNC(=O)c2ccc(O)c([N+](=O)[O-])c2)cc1)c1ccc2ccccc2c1. The molecule has 0 aliphatic carbocycles. The molecule has 5 aromatic rings. The lowest BCUT2D eigenvalue weighted by Crippen LogP contribution is -2.41. The number of carbonyl (C=O) groups excluding carboxylic acids is 2. The van der Waals surface area contributed by atoms with Crippen LogP contribution in [0.1, 0.15) is 39.4 Å². The van der Waals surface area contributed by atoms with Crippen LogP contribution in [0.25, 0.3) is 21.9 Å². The number of hydrazine groups is 1. The molecule has 0 spiro atoms. The molecule has 40 heavy (non-hydrogen) atoms. The first-order valence-corrected chi connectivity index (χ1v) is 12.3. The van der Waals surface area contributed by atoms with Gasteiger partial charge in [0.25, 0.3) is 5.91 Å². The van der Waals surface area contributed by atoms with Crippen LogP contribution in [0.2, 0.25) is 0 Å². The van der Waals surface area contributed by atoms with Crippen molar-refractivity contribution in [2.45, 2.75) is 13.0 Å². The Morgan fingerprint density at radius 2 is 1.60 bits per heavy atom. The first-order valence-electron chi connectivity index (χ1n) is 12.3. The Hall–Kier alpha value is -5.64.